The zero-order chi connectivity index (χ0) is 42.4. The molecule has 0 N–H and O–H groups in total. The second-order valence-corrected chi connectivity index (χ2v) is 20.3. The lowest BCUT2D eigenvalue weighted by molar-refractivity contribution is 0.386. The normalized spacial score (nSPS) is 19.1. The van der Waals surface area contributed by atoms with Gasteiger partial charge in [0.1, 0.15) is 11.3 Å². The third-order valence-corrected chi connectivity index (χ3v) is 16.1. The largest absolute Gasteiger partial charge is 0.456 e. The van der Waals surface area contributed by atoms with E-state index in [0.29, 0.717) is 23.5 Å². The van der Waals surface area contributed by atoms with E-state index in [2.05, 4.69) is 150 Å². The van der Waals surface area contributed by atoms with Crippen molar-refractivity contribution in [3.05, 3.63) is 126 Å². The monoisotopic (exact) mass is 822 g/mol. The summed E-state index contributed by atoms with van der Waals surface area (Å²) in [5.41, 5.74) is 9.19. The van der Waals surface area contributed by atoms with E-state index in [1.54, 1.807) is 4.31 Å². The summed E-state index contributed by atoms with van der Waals surface area (Å²) in [6.45, 7) is 19.3. The molecule has 4 aromatic carbocycles. The topological polar surface area (TPSA) is 56.8 Å². The second kappa shape index (κ2) is 16.6. The standard InChI is InChI=1S/C53H64N3O3S/c1-9-11-13-21-33-54(34-22-14-12-10-2)60(57,58)50-28-20-15-23-43(50)51-41-31-29-39(55-37(3)52(5,6)44-24-16-18-26-46(44)55)35-48(41)59-49-36-40(30-32-42(49)51)56-38(4)53(7,8)45-25-17-19-27-47(45)56/h15-20,23-32,35-38H,9-14,21-22,33-34H2,1-8H3/q+1. The maximum absolute atomic E-state index is 15.1. The van der Waals surface area contributed by atoms with Crippen molar-refractivity contribution < 1.29 is 12.8 Å². The van der Waals surface area contributed by atoms with Crippen LogP contribution in [0.4, 0.5) is 17.1 Å². The number of benzene rings is 5. The Hall–Kier alpha value is -4.72. The summed E-state index contributed by atoms with van der Waals surface area (Å²) in [4.78, 5) is 2.79. The second-order valence-electron chi connectivity index (χ2n) is 18.4. The first kappa shape index (κ1) is 42.0. The fourth-order valence-corrected chi connectivity index (χ4v) is 11.7. The molecule has 0 saturated carbocycles. The number of rotatable bonds is 14. The van der Waals surface area contributed by atoms with Gasteiger partial charge in [0.05, 0.1) is 16.4 Å². The lowest BCUT2D eigenvalue weighted by Crippen LogP contribution is -2.38. The van der Waals surface area contributed by atoms with Crippen LogP contribution in [0.3, 0.4) is 0 Å². The summed E-state index contributed by atoms with van der Waals surface area (Å²) in [6, 6.07) is 38.5. The molecule has 1 aliphatic carbocycles. The molecule has 2 unspecified atom stereocenters. The number of unbranched alkanes of at least 4 members (excludes halogenated alkanes) is 6. The number of sulfonamides is 1. The first-order valence-electron chi connectivity index (χ1n) is 22.5. The van der Waals surface area contributed by atoms with E-state index in [0.717, 1.165) is 90.3 Å². The van der Waals surface area contributed by atoms with Crippen molar-refractivity contribution in [2.75, 3.05) is 18.0 Å². The van der Waals surface area contributed by atoms with Crippen LogP contribution >= 0.6 is 0 Å². The highest BCUT2D eigenvalue weighted by molar-refractivity contribution is 7.89. The molecular weight excluding hydrogens is 759 g/mol. The molecule has 0 radical (unpaired) electrons. The molecule has 6 nitrogen and oxygen atoms in total. The van der Waals surface area contributed by atoms with Crippen molar-refractivity contribution in [3.8, 4) is 22.5 Å². The SMILES string of the molecule is CCCCCCN(CCCCCC)S(=O)(=O)c1ccccc1-c1c2ccc(=[N+]3c4ccccc4C(C)(C)C3C)cc-2oc2cc(N3c4ccccc4C(C)(C)C3C)ccc12. The van der Waals surface area contributed by atoms with Crippen molar-refractivity contribution in [1.82, 2.24) is 8.88 Å². The minimum Gasteiger partial charge on any atom is -0.456 e. The van der Waals surface area contributed by atoms with E-state index in [4.69, 9.17) is 4.42 Å². The van der Waals surface area contributed by atoms with E-state index in [1.165, 1.54) is 22.5 Å². The Kier molecular flexibility index (Phi) is 11.6. The van der Waals surface area contributed by atoms with Gasteiger partial charge in [-0.25, -0.2) is 8.42 Å². The van der Waals surface area contributed by atoms with E-state index in [9.17, 15) is 0 Å². The highest BCUT2D eigenvalue weighted by atomic mass is 32.2. The Morgan fingerprint density at radius 2 is 1.33 bits per heavy atom. The van der Waals surface area contributed by atoms with Gasteiger partial charge in [-0.15, -0.1) is 0 Å². The van der Waals surface area contributed by atoms with Crippen LogP contribution in [0.1, 0.15) is 118 Å². The number of hydrogen-bond donors (Lipinski definition) is 0. The van der Waals surface area contributed by atoms with Gasteiger partial charge in [0.15, 0.2) is 6.04 Å². The van der Waals surface area contributed by atoms with Crippen molar-refractivity contribution >= 4 is 38.1 Å². The number of nitrogens with zero attached hydrogens (tertiary/aromatic N) is 3. The third-order valence-electron chi connectivity index (χ3n) is 14.1. The Morgan fingerprint density at radius 3 is 2.05 bits per heavy atom. The van der Waals surface area contributed by atoms with Gasteiger partial charge in [-0.2, -0.15) is 8.88 Å². The average molecular weight is 823 g/mol. The summed E-state index contributed by atoms with van der Waals surface area (Å²) in [6.07, 6.45) is 8.18. The average Bonchev–Trinajstić information content (AvgIpc) is 3.58. The van der Waals surface area contributed by atoms with Crippen LogP contribution in [0.25, 0.3) is 33.4 Å². The van der Waals surface area contributed by atoms with Crippen LogP contribution in [-0.2, 0) is 20.9 Å². The lowest BCUT2D eigenvalue weighted by atomic mass is 9.81. The molecule has 7 heteroatoms. The highest BCUT2D eigenvalue weighted by Crippen LogP contribution is 2.50. The first-order chi connectivity index (χ1) is 28.8. The van der Waals surface area contributed by atoms with E-state index in [1.807, 2.05) is 24.3 Å². The van der Waals surface area contributed by atoms with Crippen LogP contribution in [-0.4, -0.2) is 37.9 Å². The van der Waals surface area contributed by atoms with Crippen LogP contribution < -0.4 is 14.8 Å². The molecule has 3 aliphatic heterocycles. The Balaban J connectivity index is 1.36. The molecule has 0 fully saturated rings. The smallest absolute Gasteiger partial charge is 0.243 e. The molecule has 4 aliphatic rings. The molecule has 2 atom stereocenters. The molecule has 3 heterocycles. The van der Waals surface area contributed by atoms with Crippen molar-refractivity contribution in [2.24, 2.45) is 0 Å². The van der Waals surface area contributed by atoms with E-state index in [-0.39, 0.29) is 22.9 Å². The molecule has 0 saturated heterocycles. The minimum atomic E-state index is -3.86. The van der Waals surface area contributed by atoms with Gasteiger partial charge in [-0.1, -0.05) is 121 Å². The fourth-order valence-electron chi connectivity index (χ4n) is 9.97. The predicted molar refractivity (Wildman–Crippen MR) is 250 cm³/mol. The van der Waals surface area contributed by atoms with Gasteiger partial charge in [0, 0.05) is 81.8 Å². The molecule has 0 bridgehead atoms. The summed E-state index contributed by atoms with van der Waals surface area (Å²) < 4.78 is 41.5. The molecule has 60 heavy (non-hydrogen) atoms. The van der Waals surface area contributed by atoms with Crippen molar-refractivity contribution in [2.45, 2.75) is 135 Å². The Labute approximate surface area is 359 Å². The van der Waals surface area contributed by atoms with Gasteiger partial charge in [0.2, 0.25) is 21.1 Å². The van der Waals surface area contributed by atoms with Crippen LogP contribution in [0.5, 0.6) is 0 Å². The van der Waals surface area contributed by atoms with Crippen molar-refractivity contribution in [3.63, 3.8) is 0 Å². The lowest BCUT2D eigenvalue weighted by Gasteiger charge is -2.31. The molecular formula is C53H64N3O3S+. The summed E-state index contributed by atoms with van der Waals surface area (Å²) in [7, 11) is -3.86. The number of para-hydroxylation sites is 2. The first-order valence-corrected chi connectivity index (χ1v) is 24.0. The summed E-state index contributed by atoms with van der Waals surface area (Å²) in [5, 5.41) is 1.94. The molecule has 0 aromatic heterocycles. The van der Waals surface area contributed by atoms with Gasteiger partial charge in [0.25, 0.3) is 0 Å². The summed E-state index contributed by atoms with van der Waals surface area (Å²) in [5.74, 6) is 0.722. The molecule has 4 aromatic rings. The highest BCUT2D eigenvalue weighted by Gasteiger charge is 2.47. The summed E-state index contributed by atoms with van der Waals surface area (Å²) >= 11 is 0. The van der Waals surface area contributed by atoms with Gasteiger partial charge in [-0.3, -0.25) is 0 Å². The third kappa shape index (κ3) is 7.19. The Morgan fingerprint density at radius 1 is 0.683 bits per heavy atom. The van der Waals surface area contributed by atoms with E-state index < -0.39 is 10.0 Å². The zero-order valence-electron chi connectivity index (χ0n) is 37.1. The van der Waals surface area contributed by atoms with Gasteiger partial charge < -0.3 is 9.32 Å². The van der Waals surface area contributed by atoms with E-state index >= 15 is 8.42 Å². The van der Waals surface area contributed by atoms with Crippen LogP contribution in [0.2, 0.25) is 0 Å². The van der Waals surface area contributed by atoms with Crippen LogP contribution in [0.15, 0.2) is 119 Å². The van der Waals surface area contributed by atoms with Crippen molar-refractivity contribution in [1.29, 1.82) is 0 Å². The van der Waals surface area contributed by atoms with Crippen LogP contribution in [0, 0.1) is 0 Å². The molecule has 8 rings (SSSR count). The predicted octanol–water partition coefficient (Wildman–Crippen LogP) is 13.0. The molecule has 0 spiro atoms. The fraction of sp³-hybridized carbons (Fsp3) is 0.415. The van der Waals surface area contributed by atoms with Gasteiger partial charge >= 0.3 is 0 Å². The number of fused-ring (bicyclic) bond motifs is 4. The van der Waals surface area contributed by atoms with Gasteiger partial charge in [-0.05, 0) is 76.4 Å². The zero-order valence-corrected chi connectivity index (χ0v) is 37.9. The number of anilines is 2. The maximum Gasteiger partial charge on any atom is 0.243 e. The Bertz CT molecular complexity index is 2660. The molecule has 314 valence electrons. The minimum absolute atomic E-state index is 0.0606. The quantitative estimate of drug-likeness (QED) is 0.0624. The molecule has 0 amide bonds. The maximum atomic E-state index is 15.1. The number of hydrogen-bond acceptors (Lipinski definition) is 4.